The Kier molecular flexibility index (Phi) is 3.64. The Morgan fingerprint density at radius 1 is 1.00 bits per heavy atom. The van der Waals surface area contributed by atoms with Crippen LogP contribution >= 0.6 is 31.9 Å². The molecule has 3 rings (SSSR count). The lowest BCUT2D eigenvalue weighted by Gasteiger charge is -2.30. The highest BCUT2D eigenvalue weighted by atomic mass is 79.9. The predicted molar refractivity (Wildman–Crippen MR) is 93.2 cm³/mol. The van der Waals surface area contributed by atoms with Gasteiger partial charge in [0.05, 0.1) is 0 Å². The quantitative estimate of drug-likeness (QED) is 0.526. The molecule has 0 saturated heterocycles. The number of benzene rings is 2. The van der Waals surface area contributed by atoms with Gasteiger partial charge in [0.2, 0.25) is 0 Å². The molecule has 0 heterocycles. The van der Waals surface area contributed by atoms with Gasteiger partial charge in [-0.15, -0.1) is 6.58 Å². The Hall–Kier alpha value is -0.860. The molecular weight excluding hydrogens is 376 g/mol. The van der Waals surface area contributed by atoms with E-state index in [1.807, 2.05) is 6.08 Å². The minimum absolute atomic E-state index is 0.0555. The molecule has 0 atom stereocenters. The SMILES string of the molecule is C=CCC1(CC)c2cc(Br)ccc2-c2ccc(Br)cc21. The molecule has 0 unspecified atom stereocenters. The summed E-state index contributed by atoms with van der Waals surface area (Å²) >= 11 is 7.24. The van der Waals surface area contributed by atoms with E-state index in [0.29, 0.717) is 0 Å². The van der Waals surface area contributed by atoms with E-state index in [2.05, 4.69) is 81.8 Å². The maximum Gasteiger partial charge on any atom is 0.0247 e. The molecule has 2 aromatic rings. The first-order chi connectivity index (χ1) is 9.62. The summed E-state index contributed by atoms with van der Waals surface area (Å²) in [5, 5.41) is 0. The van der Waals surface area contributed by atoms with Crippen molar-refractivity contribution in [3.8, 4) is 11.1 Å². The lowest BCUT2D eigenvalue weighted by Crippen LogP contribution is -2.23. The van der Waals surface area contributed by atoms with Gasteiger partial charge in [0, 0.05) is 14.4 Å². The zero-order valence-electron chi connectivity index (χ0n) is 11.4. The lowest BCUT2D eigenvalue weighted by atomic mass is 9.73. The molecule has 0 aromatic heterocycles. The van der Waals surface area contributed by atoms with Crippen LogP contribution in [0.1, 0.15) is 30.9 Å². The summed E-state index contributed by atoms with van der Waals surface area (Å²) in [6.07, 6.45) is 4.09. The average Bonchev–Trinajstić information content (AvgIpc) is 2.69. The van der Waals surface area contributed by atoms with Crippen LogP contribution in [0.3, 0.4) is 0 Å². The molecule has 0 bridgehead atoms. The molecule has 0 aliphatic heterocycles. The molecule has 0 spiro atoms. The largest absolute Gasteiger partial charge is 0.103 e. The lowest BCUT2D eigenvalue weighted by molar-refractivity contribution is 0.515. The summed E-state index contributed by atoms with van der Waals surface area (Å²) in [4.78, 5) is 0. The third-order valence-electron chi connectivity index (χ3n) is 4.38. The Morgan fingerprint density at radius 2 is 1.50 bits per heavy atom. The van der Waals surface area contributed by atoms with Crippen molar-refractivity contribution < 1.29 is 0 Å². The van der Waals surface area contributed by atoms with E-state index < -0.39 is 0 Å². The summed E-state index contributed by atoms with van der Waals surface area (Å²) < 4.78 is 2.29. The highest BCUT2D eigenvalue weighted by molar-refractivity contribution is 9.10. The molecule has 2 heteroatoms. The van der Waals surface area contributed by atoms with Crippen molar-refractivity contribution in [1.82, 2.24) is 0 Å². The minimum Gasteiger partial charge on any atom is -0.103 e. The summed E-state index contributed by atoms with van der Waals surface area (Å²) in [6, 6.07) is 13.3. The van der Waals surface area contributed by atoms with Crippen molar-refractivity contribution >= 4 is 31.9 Å². The third-order valence-corrected chi connectivity index (χ3v) is 5.37. The highest BCUT2D eigenvalue weighted by Gasteiger charge is 2.40. The van der Waals surface area contributed by atoms with E-state index in [0.717, 1.165) is 21.8 Å². The zero-order chi connectivity index (χ0) is 14.3. The van der Waals surface area contributed by atoms with Crippen LogP contribution in [0.5, 0.6) is 0 Å². The molecular formula is C18H16Br2. The molecule has 1 aliphatic rings. The minimum atomic E-state index is 0.0555. The fourth-order valence-electron chi connectivity index (χ4n) is 3.43. The monoisotopic (exact) mass is 390 g/mol. The van der Waals surface area contributed by atoms with Gasteiger partial charge in [-0.3, -0.25) is 0 Å². The number of fused-ring (bicyclic) bond motifs is 3. The van der Waals surface area contributed by atoms with Gasteiger partial charge in [-0.25, -0.2) is 0 Å². The van der Waals surface area contributed by atoms with Crippen molar-refractivity contribution in [3.05, 3.63) is 69.1 Å². The molecule has 0 N–H and O–H groups in total. The number of hydrogen-bond donors (Lipinski definition) is 0. The van der Waals surface area contributed by atoms with Crippen molar-refractivity contribution in [2.75, 3.05) is 0 Å². The molecule has 1 aliphatic carbocycles. The van der Waals surface area contributed by atoms with E-state index in [1.54, 1.807) is 0 Å². The molecule has 0 radical (unpaired) electrons. The predicted octanol–water partition coefficient (Wildman–Crippen LogP) is 6.46. The van der Waals surface area contributed by atoms with Crippen LogP contribution in [0.2, 0.25) is 0 Å². The summed E-state index contributed by atoms with van der Waals surface area (Å²) in [5.74, 6) is 0. The van der Waals surface area contributed by atoms with Crippen LogP contribution in [-0.4, -0.2) is 0 Å². The molecule has 0 nitrogen and oxygen atoms in total. The first kappa shape index (κ1) is 14.1. The zero-order valence-corrected chi connectivity index (χ0v) is 14.6. The molecule has 0 fully saturated rings. The summed E-state index contributed by atoms with van der Waals surface area (Å²) in [7, 11) is 0. The Balaban J connectivity index is 2.37. The molecule has 0 amide bonds. The number of halogens is 2. The Bertz CT molecular complexity index is 634. The van der Waals surface area contributed by atoms with Crippen LogP contribution in [0.25, 0.3) is 11.1 Å². The maximum absolute atomic E-state index is 3.98. The highest BCUT2D eigenvalue weighted by Crippen LogP contribution is 2.53. The normalized spacial score (nSPS) is 14.8. The van der Waals surface area contributed by atoms with Crippen LogP contribution in [-0.2, 0) is 5.41 Å². The number of hydrogen-bond acceptors (Lipinski definition) is 0. The number of allylic oxidation sites excluding steroid dienone is 1. The fraction of sp³-hybridized carbons (Fsp3) is 0.222. The smallest absolute Gasteiger partial charge is 0.0247 e. The summed E-state index contributed by atoms with van der Waals surface area (Å²) in [6.45, 7) is 6.25. The summed E-state index contributed by atoms with van der Waals surface area (Å²) in [5.41, 5.74) is 5.61. The molecule has 20 heavy (non-hydrogen) atoms. The van der Waals surface area contributed by atoms with Gasteiger partial charge in [-0.2, -0.15) is 0 Å². The molecule has 0 saturated carbocycles. The van der Waals surface area contributed by atoms with Crippen molar-refractivity contribution in [2.45, 2.75) is 25.2 Å². The van der Waals surface area contributed by atoms with Gasteiger partial charge in [-0.05, 0) is 59.4 Å². The van der Waals surface area contributed by atoms with Crippen LogP contribution in [0.15, 0.2) is 58.0 Å². The second-order valence-electron chi connectivity index (χ2n) is 5.31. The maximum atomic E-state index is 3.98. The van der Waals surface area contributed by atoms with Gasteiger partial charge >= 0.3 is 0 Å². The molecule has 2 aromatic carbocycles. The van der Waals surface area contributed by atoms with Crippen molar-refractivity contribution in [2.24, 2.45) is 0 Å². The van der Waals surface area contributed by atoms with Gasteiger partial charge in [0.25, 0.3) is 0 Å². The molecule has 102 valence electrons. The first-order valence-corrected chi connectivity index (χ1v) is 8.42. The van der Waals surface area contributed by atoms with E-state index >= 15 is 0 Å². The van der Waals surface area contributed by atoms with Gasteiger partial charge in [0.15, 0.2) is 0 Å². The van der Waals surface area contributed by atoms with E-state index in [-0.39, 0.29) is 5.41 Å². The standard InChI is InChI=1S/C18H16Br2/c1-3-9-18(4-2)16-10-12(19)5-7-14(16)15-8-6-13(20)11-17(15)18/h3,5-8,10-11H,1,4,9H2,2H3. The fourth-order valence-corrected chi connectivity index (χ4v) is 4.15. The third kappa shape index (κ3) is 1.93. The van der Waals surface area contributed by atoms with E-state index in [1.165, 1.54) is 22.3 Å². The van der Waals surface area contributed by atoms with Crippen molar-refractivity contribution in [3.63, 3.8) is 0 Å². The second kappa shape index (κ2) is 5.16. The Morgan fingerprint density at radius 3 is 1.90 bits per heavy atom. The average molecular weight is 392 g/mol. The number of rotatable bonds is 3. The van der Waals surface area contributed by atoms with Crippen LogP contribution < -0.4 is 0 Å². The van der Waals surface area contributed by atoms with Gasteiger partial charge in [-0.1, -0.05) is 57.0 Å². The topological polar surface area (TPSA) is 0 Å². The van der Waals surface area contributed by atoms with E-state index in [4.69, 9.17) is 0 Å². The van der Waals surface area contributed by atoms with Crippen LogP contribution in [0, 0.1) is 0 Å². The van der Waals surface area contributed by atoms with Crippen LogP contribution in [0.4, 0.5) is 0 Å². The van der Waals surface area contributed by atoms with Crippen molar-refractivity contribution in [1.29, 1.82) is 0 Å². The Labute approximate surface area is 137 Å². The van der Waals surface area contributed by atoms with E-state index in [9.17, 15) is 0 Å². The van der Waals surface area contributed by atoms with Gasteiger partial charge < -0.3 is 0 Å². The first-order valence-electron chi connectivity index (χ1n) is 6.83. The van der Waals surface area contributed by atoms with Gasteiger partial charge in [0.1, 0.15) is 0 Å². The second-order valence-corrected chi connectivity index (χ2v) is 7.14.